The van der Waals surface area contributed by atoms with E-state index < -0.39 is 7.82 Å². The Balaban J connectivity index is 2.38. The van der Waals surface area contributed by atoms with Crippen LogP contribution in [0.1, 0.15) is 26.3 Å². The van der Waals surface area contributed by atoms with E-state index in [2.05, 4.69) is 31.4 Å². The maximum atomic E-state index is 10.8. The van der Waals surface area contributed by atoms with Crippen molar-refractivity contribution >= 4 is 7.82 Å². The number of rotatable bonds is 3. The first kappa shape index (κ1) is 15.8. The predicted octanol–water partition coefficient (Wildman–Crippen LogP) is 4.12. The highest BCUT2D eigenvalue weighted by atomic mass is 31.2. The van der Waals surface area contributed by atoms with Gasteiger partial charge in [-0.1, -0.05) is 57.2 Å². The highest BCUT2D eigenvalue weighted by Crippen LogP contribution is 2.39. The minimum absolute atomic E-state index is 0.0116. The van der Waals surface area contributed by atoms with Gasteiger partial charge in [-0.3, -0.25) is 9.79 Å². The van der Waals surface area contributed by atoms with Crippen LogP contribution in [0.4, 0.5) is 0 Å². The summed E-state index contributed by atoms with van der Waals surface area (Å²) in [4.78, 5) is 17.6. The van der Waals surface area contributed by atoms with E-state index in [1.54, 1.807) is 24.3 Å². The first-order valence-electron chi connectivity index (χ1n) is 6.62. The molecule has 0 fully saturated rings. The van der Waals surface area contributed by atoms with Gasteiger partial charge in [0.05, 0.1) is 0 Å². The quantitative estimate of drug-likeness (QED) is 0.837. The third-order valence-electron chi connectivity index (χ3n) is 3.12. The fourth-order valence-corrected chi connectivity index (χ4v) is 2.62. The highest BCUT2D eigenvalue weighted by molar-refractivity contribution is 7.46. The summed E-state index contributed by atoms with van der Waals surface area (Å²) in [7, 11) is -4.51. The van der Waals surface area contributed by atoms with Gasteiger partial charge < -0.3 is 4.52 Å². The van der Waals surface area contributed by atoms with E-state index >= 15 is 0 Å². The second-order valence-corrected chi connectivity index (χ2v) is 7.07. The zero-order valence-corrected chi connectivity index (χ0v) is 13.2. The highest BCUT2D eigenvalue weighted by Gasteiger charge is 2.19. The summed E-state index contributed by atoms with van der Waals surface area (Å²) < 4.78 is 15.4. The Kier molecular flexibility index (Phi) is 4.24. The second-order valence-electron chi connectivity index (χ2n) is 5.90. The van der Waals surface area contributed by atoms with Crippen LogP contribution >= 0.6 is 7.82 Å². The Labute approximate surface area is 124 Å². The van der Waals surface area contributed by atoms with Gasteiger partial charge in [0.1, 0.15) is 5.75 Å². The van der Waals surface area contributed by atoms with Gasteiger partial charge in [0.2, 0.25) is 0 Å². The molecule has 112 valence electrons. The van der Waals surface area contributed by atoms with E-state index in [4.69, 9.17) is 9.79 Å². The molecule has 2 aromatic carbocycles. The van der Waals surface area contributed by atoms with Crippen LogP contribution in [0.5, 0.6) is 5.75 Å². The van der Waals surface area contributed by atoms with Crippen LogP contribution in [0.25, 0.3) is 11.1 Å². The minimum Gasteiger partial charge on any atom is -0.404 e. The van der Waals surface area contributed by atoms with Crippen LogP contribution in [-0.4, -0.2) is 9.79 Å². The van der Waals surface area contributed by atoms with Gasteiger partial charge in [-0.15, -0.1) is 0 Å². The van der Waals surface area contributed by atoms with E-state index in [9.17, 15) is 4.57 Å². The Hall–Kier alpha value is -1.61. The normalized spacial score (nSPS) is 12.2. The summed E-state index contributed by atoms with van der Waals surface area (Å²) in [6.45, 7) is 6.45. The number of phosphoric acid groups is 1. The van der Waals surface area contributed by atoms with E-state index in [0.29, 0.717) is 0 Å². The fourth-order valence-electron chi connectivity index (χ4n) is 2.22. The lowest BCUT2D eigenvalue weighted by Crippen LogP contribution is -2.12. The molecule has 0 bridgehead atoms. The monoisotopic (exact) mass is 306 g/mol. The molecule has 0 saturated carbocycles. The van der Waals surface area contributed by atoms with Crippen molar-refractivity contribution in [2.24, 2.45) is 0 Å². The van der Waals surface area contributed by atoms with Crippen LogP contribution in [0.2, 0.25) is 0 Å². The van der Waals surface area contributed by atoms with Gasteiger partial charge in [0.25, 0.3) is 0 Å². The molecule has 0 aromatic heterocycles. The first-order chi connectivity index (χ1) is 9.67. The van der Waals surface area contributed by atoms with Crippen molar-refractivity contribution < 1.29 is 18.9 Å². The molecule has 0 heterocycles. The summed E-state index contributed by atoms with van der Waals surface area (Å²) in [6.07, 6.45) is 0. The fraction of sp³-hybridized carbons (Fsp3) is 0.250. The van der Waals surface area contributed by atoms with E-state index in [0.717, 1.165) is 11.1 Å². The summed E-state index contributed by atoms with van der Waals surface area (Å²) >= 11 is 0. The molecule has 0 amide bonds. The summed E-state index contributed by atoms with van der Waals surface area (Å²) in [5, 5.41) is 0. The SMILES string of the molecule is CC(C)(C)c1ccccc1-c1ccc(OP(=O)(O)O)cc1. The molecule has 5 heteroatoms. The average molecular weight is 306 g/mol. The van der Waals surface area contributed by atoms with Crippen LogP contribution in [-0.2, 0) is 9.98 Å². The smallest absolute Gasteiger partial charge is 0.404 e. The lowest BCUT2D eigenvalue weighted by molar-refractivity contribution is 0.283. The molecular formula is C16H19O4P. The zero-order chi connectivity index (χ0) is 15.7. The molecule has 0 aliphatic heterocycles. The molecule has 0 aliphatic rings. The predicted molar refractivity (Wildman–Crippen MR) is 83.3 cm³/mol. The standard InChI is InChI=1S/C16H19O4P/c1-16(2,3)15-7-5-4-6-14(15)12-8-10-13(11-9-12)20-21(17,18)19/h4-11H,1-3H3,(H2,17,18,19). The summed E-state index contributed by atoms with van der Waals surface area (Å²) in [5.41, 5.74) is 3.32. The van der Waals surface area contributed by atoms with Gasteiger partial charge >= 0.3 is 7.82 Å². The number of hydrogen-bond acceptors (Lipinski definition) is 2. The molecule has 0 unspecified atom stereocenters. The molecule has 21 heavy (non-hydrogen) atoms. The van der Waals surface area contributed by atoms with Crippen LogP contribution < -0.4 is 4.52 Å². The van der Waals surface area contributed by atoms with Crippen molar-refractivity contribution in [2.75, 3.05) is 0 Å². The number of phosphoric ester groups is 1. The van der Waals surface area contributed by atoms with Crippen molar-refractivity contribution in [3.05, 3.63) is 54.1 Å². The first-order valence-corrected chi connectivity index (χ1v) is 8.15. The van der Waals surface area contributed by atoms with Crippen LogP contribution in [0.15, 0.2) is 48.5 Å². The maximum absolute atomic E-state index is 10.8. The molecule has 4 nitrogen and oxygen atoms in total. The van der Waals surface area contributed by atoms with Crippen LogP contribution in [0, 0.1) is 0 Å². The third kappa shape index (κ3) is 4.18. The van der Waals surface area contributed by atoms with Crippen LogP contribution in [0.3, 0.4) is 0 Å². The van der Waals surface area contributed by atoms with Crippen molar-refractivity contribution in [1.82, 2.24) is 0 Å². The molecular weight excluding hydrogens is 287 g/mol. The maximum Gasteiger partial charge on any atom is 0.524 e. The largest absolute Gasteiger partial charge is 0.524 e. The summed E-state index contributed by atoms with van der Waals surface area (Å²) in [6, 6.07) is 14.8. The van der Waals surface area contributed by atoms with Crippen molar-refractivity contribution in [2.45, 2.75) is 26.2 Å². The number of hydrogen-bond donors (Lipinski definition) is 2. The van der Waals surface area contributed by atoms with E-state index in [1.165, 1.54) is 5.56 Å². The topological polar surface area (TPSA) is 66.8 Å². The molecule has 0 radical (unpaired) electrons. The zero-order valence-electron chi connectivity index (χ0n) is 12.3. The molecule has 2 aromatic rings. The Bertz CT molecular complexity index is 665. The molecule has 2 N–H and O–H groups in total. The molecule has 0 aliphatic carbocycles. The van der Waals surface area contributed by atoms with E-state index in [-0.39, 0.29) is 11.2 Å². The van der Waals surface area contributed by atoms with Crippen molar-refractivity contribution in [1.29, 1.82) is 0 Å². The van der Waals surface area contributed by atoms with Gasteiger partial charge in [0, 0.05) is 0 Å². The minimum atomic E-state index is -4.51. The lowest BCUT2D eigenvalue weighted by Gasteiger charge is -2.23. The average Bonchev–Trinajstić information content (AvgIpc) is 2.37. The molecule has 0 spiro atoms. The Morgan fingerprint density at radius 3 is 2.05 bits per heavy atom. The van der Waals surface area contributed by atoms with Crippen molar-refractivity contribution in [3.63, 3.8) is 0 Å². The van der Waals surface area contributed by atoms with Crippen molar-refractivity contribution in [3.8, 4) is 16.9 Å². The molecule has 2 rings (SSSR count). The number of benzene rings is 2. The Morgan fingerprint density at radius 1 is 0.952 bits per heavy atom. The van der Waals surface area contributed by atoms with Gasteiger partial charge in [-0.2, -0.15) is 0 Å². The third-order valence-corrected chi connectivity index (χ3v) is 3.57. The summed E-state index contributed by atoms with van der Waals surface area (Å²) in [5.74, 6) is 0.153. The molecule has 0 saturated heterocycles. The van der Waals surface area contributed by atoms with Gasteiger partial charge in [-0.25, -0.2) is 4.57 Å². The Morgan fingerprint density at radius 2 is 1.52 bits per heavy atom. The lowest BCUT2D eigenvalue weighted by atomic mass is 9.82. The van der Waals surface area contributed by atoms with Gasteiger partial charge in [-0.05, 0) is 34.2 Å². The van der Waals surface area contributed by atoms with E-state index in [1.807, 2.05) is 18.2 Å². The van der Waals surface area contributed by atoms with Gasteiger partial charge in [0.15, 0.2) is 0 Å². The molecule has 0 atom stereocenters. The second kappa shape index (κ2) is 5.64.